The molecule has 0 aromatic heterocycles. The Morgan fingerprint density at radius 2 is 1.91 bits per heavy atom. The zero-order chi connectivity index (χ0) is 16.5. The molecule has 2 rings (SSSR count). The number of rotatable bonds is 4. The van der Waals surface area contributed by atoms with Gasteiger partial charge in [-0.05, 0) is 52.3 Å². The SMILES string of the molecule is O=C(O)c1ccc(S(=O)(=O)Nc2ccc(Cl)c(F)c2)c(Br)c1. The lowest BCUT2D eigenvalue weighted by Crippen LogP contribution is -2.14. The van der Waals surface area contributed by atoms with Gasteiger partial charge in [0.1, 0.15) is 10.7 Å². The first-order valence-corrected chi connectivity index (χ1v) is 8.37. The molecule has 22 heavy (non-hydrogen) atoms. The molecule has 0 aliphatic carbocycles. The Morgan fingerprint density at radius 1 is 1.23 bits per heavy atom. The maximum atomic E-state index is 13.3. The van der Waals surface area contributed by atoms with E-state index in [1.165, 1.54) is 18.2 Å². The third-order valence-corrected chi connectivity index (χ3v) is 5.30. The van der Waals surface area contributed by atoms with Gasteiger partial charge in [-0.2, -0.15) is 0 Å². The second-order valence-electron chi connectivity index (χ2n) is 4.18. The molecule has 0 bridgehead atoms. The van der Waals surface area contributed by atoms with E-state index in [4.69, 9.17) is 16.7 Å². The normalized spacial score (nSPS) is 11.2. The smallest absolute Gasteiger partial charge is 0.335 e. The Bertz CT molecular complexity index is 857. The predicted octanol–water partition coefficient (Wildman–Crippen LogP) is 3.74. The van der Waals surface area contributed by atoms with Gasteiger partial charge in [0, 0.05) is 4.47 Å². The highest BCUT2D eigenvalue weighted by atomic mass is 79.9. The molecule has 0 aliphatic heterocycles. The number of aromatic carboxylic acids is 1. The average Bonchev–Trinajstić information content (AvgIpc) is 2.42. The minimum absolute atomic E-state index is 0.00360. The number of carboxylic acids is 1. The van der Waals surface area contributed by atoms with Crippen molar-refractivity contribution in [2.24, 2.45) is 0 Å². The summed E-state index contributed by atoms with van der Waals surface area (Å²) in [6.45, 7) is 0. The van der Waals surface area contributed by atoms with E-state index in [0.29, 0.717) is 0 Å². The van der Waals surface area contributed by atoms with Crippen molar-refractivity contribution in [3.8, 4) is 0 Å². The number of halogens is 3. The maximum Gasteiger partial charge on any atom is 0.335 e. The second kappa shape index (κ2) is 6.23. The van der Waals surface area contributed by atoms with Gasteiger partial charge in [-0.1, -0.05) is 11.6 Å². The number of hydrogen-bond donors (Lipinski definition) is 2. The van der Waals surface area contributed by atoms with Crippen LogP contribution in [0.2, 0.25) is 5.02 Å². The van der Waals surface area contributed by atoms with Crippen LogP contribution in [-0.2, 0) is 10.0 Å². The van der Waals surface area contributed by atoms with Crippen molar-refractivity contribution in [3.05, 3.63) is 57.3 Å². The Labute approximate surface area is 138 Å². The summed E-state index contributed by atoms with van der Waals surface area (Å²) >= 11 is 8.54. The highest BCUT2D eigenvalue weighted by Crippen LogP contribution is 2.26. The summed E-state index contributed by atoms with van der Waals surface area (Å²) in [6.07, 6.45) is 0. The van der Waals surface area contributed by atoms with Crippen LogP contribution >= 0.6 is 27.5 Å². The molecule has 0 atom stereocenters. The van der Waals surface area contributed by atoms with Crippen LogP contribution in [0.1, 0.15) is 10.4 Å². The quantitative estimate of drug-likeness (QED) is 0.807. The van der Waals surface area contributed by atoms with E-state index in [0.717, 1.165) is 18.2 Å². The summed E-state index contributed by atoms with van der Waals surface area (Å²) in [4.78, 5) is 10.7. The fourth-order valence-corrected chi connectivity index (χ4v) is 3.87. The van der Waals surface area contributed by atoms with Gasteiger partial charge in [0.15, 0.2) is 0 Å². The average molecular weight is 409 g/mol. The Hall–Kier alpha value is -1.64. The van der Waals surface area contributed by atoms with Gasteiger partial charge >= 0.3 is 5.97 Å². The van der Waals surface area contributed by atoms with Gasteiger partial charge < -0.3 is 5.11 Å². The number of benzene rings is 2. The Morgan fingerprint density at radius 3 is 2.45 bits per heavy atom. The minimum Gasteiger partial charge on any atom is -0.478 e. The van der Waals surface area contributed by atoms with E-state index in [9.17, 15) is 17.6 Å². The number of carboxylic acid groups (broad SMARTS) is 1. The lowest BCUT2D eigenvalue weighted by Gasteiger charge is -2.10. The summed E-state index contributed by atoms with van der Waals surface area (Å²) in [5, 5.41) is 8.72. The minimum atomic E-state index is -4.02. The van der Waals surface area contributed by atoms with Crippen LogP contribution in [0.4, 0.5) is 10.1 Å². The number of anilines is 1. The first kappa shape index (κ1) is 16.7. The molecule has 0 aliphatic rings. The van der Waals surface area contributed by atoms with Crippen molar-refractivity contribution in [1.29, 1.82) is 0 Å². The topological polar surface area (TPSA) is 83.5 Å². The van der Waals surface area contributed by atoms with Gasteiger partial charge in [-0.3, -0.25) is 4.72 Å². The summed E-state index contributed by atoms with van der Waals surface area (Å²) in [7, 11) is -4.02. The molecule has 0 spiro atoms. The number of nitrogens with one attached hydrogen (secondary N) is 1. The molecule has 9 heteroatoms. The number of sulfonamides is 1. The van der Waals surface area contributed by atoms with Crippen LogP contribution in [0, 0.1) is 5.82 Å². The molecule has 0 fully saturated rings. The van der Waals surface area contributed by atoms with Gasteiger partial charge in [0.05, 0.1) is 16.3 Å². The fraction of sp³-hybridized carbons (Fsp3) is 0. The van der Waals surface area contributed by atoms with Crippen molar-refractivity contribution >= 4 is 49.2 Å². The maximum absolute atomic E-state index is 13.3. The van der Waals surface area contributed by atoms with Crippen LogP contribution in [0.5, 0.6) is 0 Å². The fourth-order valence-electron chi connectivity index (χ4n) is 1.62. The van der Waals surface area contributed by atoms with E-state index in [2.05, 4.69) is 20.7 Å². The summed E-state index contributed by atoms with van der Waals surface area (Å²) in [5.41, 5.74) is -0.0699. The van der Waals surface area contributed by atoms with Crippen molar-refractivity contribution in [2.45, 2.75) is 4.90 Å². The van der Waals surface area contributed by atoms with Crippen LogP contribution in [0.3, 0.4) is 0 Å². The van der Waals surface area contributed by atoms with Gasteiger partial charge in [0.2, 0.25) is 0 Å². The van der Waals surface area contributed by atoms with Crippen LogP contribution in [0.25, 0.3) is 0 Å². The van der Waals surface area contributed by atoms with Gasteiger partial charge in [-0.25, -0.2) is 17.6 Å². The molecule has 2 aromatic carbocycles. The van der Waals surface area contributed by atoms with Crippen molar-refractivity contribution in [2.75, 3.05) is 4.72 Å². The zero-order valence-corrected chi connectivity index (χ0v) is 13.8. The van der Waals surface area contributed by atoms with Gasteiger partial charge in [0.25, 0.3) is 10.0 Å². The predicted molar refractivity (Wildman–Crippen MR) is 83.3 cm³/mol. The molecular formula is C13H8BrClFNO4S. The third-order valence-electron chi connectivity index (χ3n) is 2.64. The molecule has 5 nitrogen and oxygen atoms in total. The number of carbonyl (C=O) groups is 1. The molecule has 0 unspecified atom stereocenters. The van der Waals surface area contributed by atoms with E-state index < -0.39 is 21.8 Å². The summed E-state index contributed by atoms with van der Waals surface area (Å²) in [6, 6.07) is 6.94. The first-order chi connectivity index (χ1) is 10.2. The van der Waals surface area contributed by atoms with E-state index in [1.54, 1.807) is 0 Å². The second-order valence-corrected chi connectivity index (χ2v) is 7.10. The zero-order valence-electron chi connectivity index (χ0n) is 10.7. The van der Waals surface area contributed by atoms with Crippen molar-refractivity contribution < 1.29 is 22.7 Å². The third kappa shape index (κ3) is 3.57. The van der Waals surface area contributed by atoms with Crippen LogP contribution < -0.4 is 4.72 Å². The lowest BCUT2D eigenvalue weighted by atomic mass is 10.2. The highest BCUT2D eigenvalue weighted by molar-refractivity contribution is 9.10. The molecule has 0 heterocycles. The standard InChI is InChI=1S/C13H8BrClFNO4S/c14-9-5-7(13(18)19)1-4-12(9)22(20,21)17-8-2-3-10(15)11(16)6-8/h1-6,17H,(H,18,19). The van der Waals surface area contributed by atoms with E-state index in [-0.39, 0.29) is 25.6 Å². The van der Waals surface area contributed by atoms with Gasteiger partial charge in [-0.15, -0.1) is 0 Å². The van der Waals surface area contributed by atoms with Crippen molar-refractivity contribution in [1.82, 2.24) is 0 Å². The molecule has 2 aromatic rings. The Kier molecular flexibility index (Phi) is 4.74. The molecule has 0 saturated heterocycles. The molecule has 0 saturated carbocycles. The summed E-state index contributed by atoms with van der Waals surface area (Å²) < 4.78 is 40.1. The molecule has 2 N–H and O–H groups in total. The van der Waals surface area contributed by atoms with E-state index >= 15 is 0 Å². The molecule has 116 valence electrons. The van der Waals surface area contributed by atoms with E-state index in [1.807, 2.05) is 0 Å². The van der Waals surface area contributed by atoms with Crippen LogP contribution in [0.15, 0.2) is 45.8 Å². The highest BCUT2D eigenvalue weighted by Gasteiger charge is 2.19. The number of hydrogen-bond acceptors (Lipinski definition) is 3. The first-order valence-electron chi connectivity index (χ1n) is 5.71. The molecule has 0 radical (unpaired) electrons. The largest absolute Gasteiger partial charge is 0.478 e. The van der Waals surface area contributed by atoms with Crippen molar-refractivity contribution in [3.63, 3.8) is 0 Å². The molecule has 0 amide bonds. The Balaban J connectivity index is 2.38. The molecular weight excluding hydrogens is 401 g/mol. The van der Waals surface area contributed by atoms with Crippen LogP contribution in [-0.4, -0.2) is 19.5 Å². The monoisotopic (exact) mass is 407 g/mol. The summed E-state index contributed by atoms with van der Waals surface area (Å²) in [5.74, 6) is -1.94. The lowest BCUT2D eigenvalue weighted by molar-refractivity contribution is 0.0696.